The van der Waals surface area contributed by atoms with Gasteiger partial charge in [-0.25, -0.2) is 4.79 Å². The molecule has 1 fully saturated rings. The number of benzene rings is 1. The van der Waals surface area contributed by atoms with Gasteiger partial charge in [0.25, 0.3) is 5.91 Å². The molecule has 0 saturated carbocycles. The summed E-state index contributed by atoms with van der Waals surface area (Å²) in [6, 6.07) is 13.5. The lowest BCUT2D eigenvalue weighted by Gasteiger charge is -2.35. The van der Waals surface area contributed by atoms with Crippen molar-refractivity contribution in [3.63, 3.8) is 0 Å². The van der Waals surface area contributed by atoms with E-state index in [1.807, 2.05) is 50.2 Å². The first-order chi connectivity index (χ1) is 12.0. The number of hydrogen-bond acceptors (Lipinski definition) is 5. The molecule has 0 aliphatic carbocycles. The van der Waals surface area contributed by atoms with Crippen LogP contribution in [0.15, 0.2) is 42.5 Å². The highest BCUT2D eigenvalue weighted by atomic mass is 32.1. The number of hydrogen-bond donors (Lipinski definition) is 0. The van der Waals surface area contributed by atoms with Gasteiger partial charge in [0.1, 0.15) is 4.88 Å². The van der Waals surface area contributed by atoms with Crippen LogP contribution < -0.4 is 0 Å². The summed E-state index contributed by atoms with van der Waals surface area (Å²) in [5.41, 5.74) is 1.05. The zero-order chi connectivity index (χ0) is 17.8. The summed E-state index contributed by atoms with van der Waals surface area (Å²) in [5, 5.41) is 0. The van der Waals surface area contributed by atoms with Gasteiger partial charge in [-0.05, 0) is 31.5 Å². The van der Waals surface area contributed by atoms with Gasteiger partial charge >= 0.3 is 5.97 Å². The molecule has 0 radical (unpaired) electrons. The predicted octanol–water partition coefficient (Wildman–Crippen LogP) is 3.21. The molecule has 0 spiro atoms. The monoisotopic (exact) mass is 359 g/mol. The van der Waals surface area contributed by atoms with Crippen LogP contribution in [-0.2, 0) is 14.3 Å². The molecule has 0 bridgehead atoms. The quantitative estimate of drug-likeness (QED) is 0.787. The van der Waals surface area contributed by atoms with Crippen molar-refractivity contribution < 1.29 is 19.1 Å². The molecule has 5 nitrogen and oxygen atoms in total. The Morgan fingerprint density at radius 2 is 1.80 bits per heavy atom. The molecular weight excluding hydrogens is 338 g/mol. The highest BCUT2D eigenvalue weighted by Crippen LogP contribution is 2.28. The van der Waals surface area contributed by atoms with Gasteiger partial charge in [0.05, 0.1) is 12.2 Å². The number of carbonyl (C=O) groups excluding carboxylic acids is 2. The van der Waals surface area contributed by atoms with Crippen LogP contribution in [0.4, 0.5) is 0 Å². The standard InChI is InChI=1S/C19H21NO4S/c1-13-10-20(11-14(2)24-13)18(21)12-23-19(22)17-9-8-16(25-17)15-6-4-3-5-7-15/h3-9,13-14H,10-12H2,1-2H3. The van der Waals surface area contributed by atoms with Gasteiger partial charge in [0.2, 0.25) is 0 Å². The molecular formula is C19H21NO4S. The van der Waals surface area contributed by atoms with E-state index in [1.165, 1.54) is 11.3 Å². The van der Waals surface area contributed by atoms with Crippen molar-refractivity contribution >= 4 is 23.2 Å². The zero-order valence-electron chi connectivity index (χ0n) is 14.3. The van der Waals surface area contributed by atoms with Crippen molar-refractivity contribution in [3.8, 4) is 10.4 Å². The minimum Gasteiger partial charge on any atom is -0.451 e. The maximum absolute atomic E-state index is 12.2. The third kappa shape index (κ3) is 4.46. The molecule has 2 aromatic rings. The average Bonchev–Trinajstić information content (AvgIpc) is 3.09. The van der Waals surface area contributed by atoms with Crippen molar-refractivity contribution in [2.75, 3.05) is 19.7 Å². The maximum atomic E-state index is 12.2. The first-order valence-electron chi connectivity index (χ1n) is 8.28. The molecule has 132 valence electrons. The van der Waals surface area contributed by atoms with Gasteiger partial charge < -0.3 is 14.4 Å². The fourth-order valence-corrected chi connectivity index (χ4v) is 3.78. The minimum atomic E-state index is -0.463. The summed E-state index contributed by atoms with van der Waals surface area (Å²) in [6.07, 6.45) is -0.0109. The summed E-state index contributed by atoms with van der Waals surface area (Å²) in [6.45, 7) is 4.67. The van der Waals surface area contributed by atoms with Gasteiger partial charge in [-0.15, -0.1) is 11.3 Å². The summed E-state index contributed by atoms with van der Waals surface area (Å²) < 4.78 is 10.8. The van der Waals surface area contributed by atoms with Crippen LogP contribution in [0.5, 0.6) is 0 Å². The van der Waals surface area contributed by atoms with E-state index in [-0.39, 0.29) is 24.7 Å². The van der Waals surface area contributed by atoms with E-state index < -0.39 is 5.97 Å². The van der Waals surface area contributed by atoms with Gasteiger partial charge in [0.15, 0.2) is 6.61 Å². The Bertz CT molecular complexity index is 733. The molecule has 2 atom stereocenters. The Kier molecular flexibility index (Phi) is 5.50. The lowest BCUT2D eigenvalue weighted by Crippen LogP contribution is -2.49. The summed E-state index contributed by atoms with van der Waals surface area (Å²) in [4.78, 5) is 27.6. The van der Waals surface area contributed by atoms with E-state index in [1.54, 1.807) is 11.0 Å². The largest absolute Gasteiger partial charge is 0.451 e. The number of amides is 1. The van der Waals surface area contributed by atoms with E-state index in [2.05, 4.69) is 0 Å². The fourth-order valence-electron chi connectivity index (χ4n) is 2.88. The summed E-state index contributed by atoms with van der Waals surface area (Å²) in [7, 11) is 0. The second kappa shape index (κ2) is 7.80. The molecule has 3 rings (SSSR count). The predicted molar refractivity (Wildman–Crippen MR) is 96.6 cm³/mol. The molecule has 25 heavy (non-hydrogen) atoms. The number of carbonyl (C=O) groups is 2. The van der Waals surface area contributed by atoms with Gasteiger partial charge in [0, 0.05) is 18.0 Å². The molecule has 2 unspecified atom stereocenters. The van der Waals surface area contributed by atoms with E-state index in [9.17, 15) is 9.59 Å². The highest BCUT2D eigenvalue weighted by Gasteiger charge is 2.26. The normalized spacial score (nSPS) is 20.3. The number of rotatable bonds is 4. The first-order valence-corrected chi connectivity index (χ1v) is 9.10. The maximum Gasteiger partial charge on any atom is 0.348 e. The third-order valence-electron chi connectivity index (χ3n) is 3.96. The van der Waals surface area contributed by atoms with Gasteiger partial charge in [-0.3, -0.25) is 4.79 Å². The Morgan fingerprint density at radius 1 is 1.12 bits per heavy atom. The Morgan fingerprint density at radius 3 is 2.48 bits per heavy atom. The van der Waals surface area contributed by atoms with Gasteiger partial charge in [-0.2, -0.15) is 0 Å². The van der Waals surface area contributed by atoms with Crippen molar-refractivity contribution in [1.82, 2.24) is 4.90 Å². The lowest BCUT2D eigenvalue weighted by molar-refractivity contribution is -0.146. The third-order valence-corrected chi connectivity index (χ3v) is 5.08. The van der Waals surface area contributed by atoms with Crippen LogP contribution in [0.2, 0.25) is 0 Å². The smallest absolute Gasteiger partial charge is 0.348 e. The van der Waals surface area contributed by atoms with E-state index >= 15 is 0 Å². The van der Waals surface area contributed by atoms with Crippen LogP contribution in [0, 0.1) is 0 Å². The van der Waals surface area contributed by atoms with E-state index in [4.69, 9.17) is 9.47 Å². The van der Waals surface area contributed by atoms with E-state index in [0.29, 0.717) is 18.0 Å². The van der Waals surface area contributed by atoms with Crippen molar-refractivity contribution in [3.05, 3.63) is 47.3 Å². The minimum absolute atomic E-state index is 0.00544. The zero-order valence-corrected chi connectivity index (χ0v) is 15.1. The van der Waals surface area contributed by atoms with Crippen molar-refractivity contribution in [2.45, 2.75) is 26.1 Å². The average molecular weight is 359 g/mol. The summed E-state index contributed by atoms with van der Waals surface area (Å²) in [5.74, 6) is -0.648. The van der Waals surface area contributed by atoms with Crippen LogP contribution in [0.1, 0.15) is 23.5 Å². The van der Waals surface area contributed by atoms with Crippen molar-refractivity contribution in [1.29, 1.82) is 0 Å². The molecule has 6 heteroatoms. The number of morpholine rings is 1. The lowest BCUT2D eigenvalue weighted by atomic mass is 10.2. The van der Waals surface area contributed by atoms with Crippen molar-refractivity contribution in [2.24, 2.45) is 0 Å². The Hall–Kier alpha value is -2.18. The molecule has 1 saturated heterocycles. The highest BCUT2D eigenvalue weighted by molar-refractivity contribution is 7.17. The molecule has 1 aromatic carbocycles. The molecule has 1 amide bonds. The fraction of sp³-hybridized carbons (Fsp3) is 0.368. The van der Waals surface area contributed by atoms with Crippen LogP contribution in [0.3, 0.4) is 0 Å². The SMILES string of the molecule is CC1CN(C(=O)COC(=O)c2ccc(-c3ccccc3)s2)CC(C)O1. The Balaban J connectivity index is 1.56. The second-order valence-corrected chi connectivity index (χ2v) is 7.25. The first kappa shape index (κ1) is 17.6. The number of thiophene rings is 1. The van der Waals surface area contributed by atoms with Crippen LogP contribution in [-0.4, -0.2) is 48.7 Å². The van der Waals surface area contributed by atoms with Crippen LogP contribution >= 0.6 is 11.3 Å². The molecule has 1 aromatic heterocycles. The molecule has 0 N–H and O–H groups in total. The van der Waals surface area contributed by atoms with Crippen LogP contribution in [0.25, 0.3) is 10.4 Å². The molecule has 2 heterocycles. The second-order valence-electron chi connectivity index (χ2n) is 6.16. The topological polar surface area (TPSA) is 55.8 Å². The Labute approximate surface area is 151 Å². The number of ether oxygens (including phenoxy) is 2. The molecule has 1 aliphatic heterocycles. The molecule has 1 aliphatic rings. The summed E-state index contributed by atoms with van der Waals surface area (Å²) >= 11 is 1.36. The van der Waals surface area contributed by atoms with E-state index in [0.717, 1.165) is 10.4 Å². The van der Waals surface area contributed by atoms with Gasteiger partial charge in [-0.1, -0.05) is 30.3 Å². The number of esters is 1. The number of nitrogens with zero attached hydrogens (tertiary/aromatic N) is 1.